The van der Waals surface area contributed by atoms with Gasteiger partial charge in [-0.25, -0.2) is 0 Å². The molecule has 1 aliphatic heterocycles. The summed E-state index contributed by atoms with van der Waals surface area (Å²) in [4.78, 5) is 2.77. The first-order chi connectivity index (χ1) is 8.12. The molecule has 0 spiro atoms. The van der Waals surface area contributed by atoms with Gasteiger partial charge in [-0.3, -0.25) is 4.90 Å². The Morgan fingerprint density at radius 3 is 1.94 bits per heavy atom. The lowest BCUT2D eigenvalue weighted by Gasteiger charge is -2.51. The van der Waals surface area contributed by atoms with E-state index in [9.17, 15) is 0 Å². The third kappa shape index (κ3) is 2.85. The van der Waals surface area contributed by atoms with Gasteiger partial charge in [0.2, 0.25) is 0 Å². The highest BCUT2D eigenvalue weighted by molar-refractivity contribution is 4.99. The van der Waals surface area contributed by atoms with Crippen LogP contribution in [0.15, 0.2) is 0 Å². The van der Waals surface area contributed by atoms with Gasteiger partial charge in [-0.05, 0) is 32.1 Å². The van der Waals surface area contributed by atoms with Crippen LogP contribution in [-0.2, 0) is 0 Å². The highest BCUT2D eigenvalue weighted by Crippen LogP contribution is 2.32. The third-order valence-corrected chi connectivity index (χ3v) is 5.37. The summed E-state index contributed by atoms with van der Waals surface area (Å²) in [5.74, 6) is 0. The molecule has 0 amide bonds. The van der Waals surface area contributed by atoms with Gasteiger partial charge in [-0.2, -0.15) is 0 Å². The number of piperazine rings is 1. The molecule has 17 heavy (non-hydrogen) atoms. The summed E-state index contributed by atoms with van der Waals surface area (Å²) in [6.45, 7) is 15.3. The van der Waals surface area contributed by atoms with Gasteiger partial charge in [0, 0.05) is 30.7 Å². The minimum absolute atomic E-state index is 0.364. The fraction of sp³-hybridized carbons (Fsp3) is 1.00. The average Bonchev–Trinajstić information content (AvgIpc) is 2.41. The lowest BCUT2D eigenvalue weighted by molar-refractivity contribution is 0.0131. The number of nitrogens with zero attached hydrogens (tertiary/aromatic N) is 1. The molecule has 1 fully saturated rings. The SMILES string of the molecule is CCC1(CC)CN(C(CC)(CC)CC)CCN1. The number of hydrogen-bond donors (Lipinski definition) is 1. The van der Waals surface area contributed by atoms with Gasteiger partial charge >= 0.3 is 0 Å². The number of nitrogens with one attached hydrogen (secondary N) is 1. The van der Waals surface area contributed by atoms with Crippen molar-refractivity contribution < 1.29 is 0 Å². The summed E-state index contributed by atoms with van der Waals surface area (Å²) in [6.07, 6.45) is 6.33. The van der Waals surface area contributed by atoms with Gasteiger partial charge in [-0.1, -0.05) is 34.6 Å². The summed E-state index contributed by atoms with van der Waals surface area (Å²) in [5, 5.41) is 3.76. The fourth-order valence-corrected chi connectivity index (χ4v) is 3.51. The van der Waals surface area contributed by atoms with Crippen LogP contribution in [0.3, 0.4) is 0 Å². The van der Waals surface area contributed by atoms with Crippen LogP contribution in [0, 0.1) is 0 Å². The molecule has 1 aliphatic rings. The van der Waals surface area contributed by atoms with E-state index in [1.165, 1.54) is 45.2 Å². The molecule has 2 heteroatoms. The van der Waals surface area contributed by atoms with E-state index < -0.39 is 0 Å². The molecule has 1 heterocycles. The Kier molecular flexibility index (Phi) is 5.46. The van der Waals surface area contributed by atoms with E-state index in [0.717, 1.165) is 6.54 Å². The zero-order valence-corrected chi connectivity index (χ0v) is 12.6. The average molecular weight is 240 g/mol. The summed E-state index contributed by atoms with van der Waals surface area (Å²) in [6, 6.07) is 0. The molecule has 0 radical (unpaired) electrons. The standard InChI is InChI=1S/C15H32N2/c1-6-14(7-2)13-17(12-11-16-14)15(8-3,9-4)10-5/h16H,6-13H2,1-5H3. The van der Waals surface area contributed by atoms with Crippen molar-refractivity contribution in [2.75, 3.05) is 19.6 Å². The Balaban J connectivity index is 2.83. The van der Waals surface area contributed by atoms with E-state index in [0.29, 0.717) is 11.1 Å². The first-order valence-electron chi connectivity index (χ1n) is 7.62. The second-order valence-electron chi connectivity index (χ2n) is 5.62. The largest absolute Gasteiger partial charge is 0.309 e. The Morgan fingerprint density at radius 2 is 1.53 bits per heavy atom. The Labute approximate surface area is 108 Å². The fourth-order valence-electron chi connectivity index (χ4n) is 3.51. The van der Waals surface area contributed by atoms with Crippen LogP contribution in [0.25, 0.3) is 0 Å². The Morgan fingerprint density at radius 1 is 1.00 bits per heavy atom. The van der Waals surface area contributed by atoms with E-state index in [1.54, 1.807) is 0 Å². The molecule has 0 aliphatic carbocycles. The zero-order valence-electron chi connectivity index (χ0n) is 12.6. The van der Waals surface area contributed by atoms with Gasteiger partial charge < -0.3 is 5.32 Å². The predicted octanol–water partition coefficient (Wildman–Crippen LogP) is 3.42. The van der Waals surface area contributed by atoms with Crippen molar-refractivity contribution in [2.24, 2.45) is 0 Å². The molecule has 0 aromatic rings. The van der Waals surface area contributed by atoms with Gasteiger partial charge in [0.25, 0.3) is 0 Å². The topological polar surface area (TPSA) is 15.3 Å². The maximum atomic E-state index is 3.76. The third-order valence-electron chi connectivity index (χ3n) is 5.37. The number of rotatable bonds is 6. The van der Waals surface area contributed by atoms with Crippen molar-refractivity contribution in [2.45, 2.75) is 77.8 Å². The van der Waals surface area contributed by atoms with Crippen molar-refractivity contribution in [1.29, 1.82) is 0 Å². The Hall–Kier alpha value is -0.0800. The second-order valence-corrected chi connectivity index (χ2v) is 5.62. The lowest BCUT2D eigenvalue weighted by atomic mass is 9.82. The highest BCUT2D eigenvalue weighted by atomic mass is 15.3. The maximum absolute atomic E-state index is 3.76. The van der Waals surface area contributed by atoms with Crippen LogP contribution < -0.4 is 5.32 Å². The smallest absolute Gasteiger partial charge is 0.0304 e. The summed E-state index contributed by atoms with van der Waals surface area (Å²) >= 11 is 0. The molecule has 0 atom stereocenters. The molecule has 0 aromatic heterocycles. The van der Waals surface area contributed by atoms with E-state index >= 15 is 0 Å². The molecule has 1 saturated heterocycles. The summed E-state index contributed by atoms with van der Waals surface area (Å²) < 4.78 is 0. The van der Waals surface area contributed by atoms with E-state index in [1.807, 2.05) is 0 Å². The quantitative estimate of drug-likeness (QED) is 0.765. The maximum Gasteiger partial charge on any atom is 0.0304 e. The second kappa shape index (κ2) is 6.19. The first kappa shape index (κ1) is 15.0. The lowest BCUT2D eigenvalue weighted by Crippen LogP contribution is -2.65. The van der Waals surface area contributed by atoms with Crippen LogP contribution >= 0.6 is 0 Å². The van der Waals surface area contributed by atoms with E-state index in [-0.39, 0.29) is 0 Å². The normalized spacial score (nSPS) is 21.7. The van der Waals surface area contributed by atoms with Gasteiger partial charge in [0.1, 0.15) is 0 Å². The minimum Gasteiger partial charge on any atom is -0.309 e. The highest BCUT2D eigenvalue weighted by Gasteiger charge is 2.39. The molecule has 0 aromatic carbocycles. The van der Waals surface area contributed by atoms with Crippen molar-refractivity contribution in [3.8, 4) is 0 Å². The van der Waals surface area contributed by atoms with Crippen molar-refractivity contribution in [1.82, 2.24) is 10.2 Å². The van der Waals surface area contributed by atoms with Crippen molar-refractivity contribution in [3.63, 3.8) is 0 Å². The first-order valence-corrected chi connectivity index (χ1v) is 7.62. The zero-order chi connectivity index (χ0) is 12.9. The molecule has 102 valence electrons. The van der Waals surface area contributed by atoms with Gasteiger partial charge in [0.05, 0.1) is 0 Å². The monoisotopic (exact) mass is 240 g/mol. The van der Waals surface area contributed by atoms with E-state index in [4.69, 9.17) is 0 Å². The Bertz CT molecular complexity index is 209. The molecule has 0 bridgehead atoms. The summed E-state index contributed by atoms with van der Waals surface area (Å²) in [5.41, 5.74) is 0.806. The number of hydrogen-bond acceptors (Lipinski definition) is 2. The van der Waals surface area contributed by atoms with Crippen molar-refractivity contribution in [3.05, 3.63) is 0 Å². The summed E-state index contributed by atoms with van der Waals surface area (Å²) in [7, 11) is 0. The molecule has 2 nitrogen and oxygen atoms in total. The molecule has 0 saturated carbocycles. The van der Waals surface area contributed by atoms with Crippen LogP contribution in [0.2, 0.25) is 0 Å². The molecule has 1 N–H and O–H groups in total. The van der Waals surface area contributed by atoms with Gasteiger partial charge in [-0.15, -0.1) is 0 Å². The van der Waals surface area contributed by atoms with Crippen LogP contribution in [0.4, 0.5) is 0 Å². The van der Waals surface area contributed by atoms with E-state index in [2.05, 4.69) is 44.8 Å². The molecule has 1 rings (SSSR count). The van der Waals surface area contributed by atoms with Crippen LogP contribution in [0.1, 0.15) is 66.7 Å². The van der Waals surface area contributed by atoms with Crippen LogP contribution in [-0.4, -0.2) is 35.6 Å². The molecular formula is C15H32N2. The van der Waals surface area contributed by atoms with Crippen LogP contribution in [0.5, 0.6) is 0 Å². The van der Waals surface area contributed by atoms with Gasteiger partial charge in [0.15, 0.2) is 0 Å². The predicted molar refractivity (Wildman–Crippen MR) is 76.5 cm³/mol. The molecule has 0 unspecified atom stereocenters. The van der Waals surface area contributed by atoms with Crippen molar-refractivity contribution >= 4 is 0 Å². The minimum atomic E-state index is 0.364. The molecular weight excluding hydrogens is 208 g/mol.